The summed E-state index contributed by atoms with van der Waals surface area (Å²) in [6.45, 7) is 4.61. The minimum Gasteiger partial charge on any atom is -0.507 e. The molecule has 3 aromatic rings. The van der Waals surface area contributed by atoms with Crippen molar-refractivity contribution in [1.82, 2.24) is 0 Å². The first-order valence-electron chi connectivity index (χ1n) is 11.2. The zero-order valence-corrected chi connectivity index (χ0v) is 19.7. The van der Waals surface area contributed by atoms with E-state index in [9.17, 15) is 19.1 Å². The summed E-state index contributed by atoms with van der Waals surface area (Å²) in [5, 5.41) is 11.3. The van der Waals surface area contributed by atoms with Crippen molar-refractivity contribution in [2.24, 2.45) is 5.92 Å². The van der Waals surface area contributed by atoms with Crippen molar-refractivity contribution >= 4 is 23.1 Å². The maximum Gasteiger partial charge on any atom is 0.300 e. The smallest absolute Gasteiger partial charge is 0.300 e. The van der Waals surface area contributed by atoms with Crippen LogP contribution in [0.3, 0.4) is 0 Å². The molecule has 1 saturated heterocycles. The molecule has 3 aromatic carbocycles. The molecule has 4 rings (SSSR count). The summed E-state index contributed by atoms with van der Waals surface area (Å²) in [6.07, 6.45) is 0. The van der Waals surface area contributed by atoms with Gasteiger partial charge < -0.3 is 14.6 Å². The molecule has 0 radical (unpaired) electrons. The Morgan fingerprint density at radius 3 is 2.40 bits per heavy atom. The first-order valence-corrected chi connectivity index (χ1v) is 11.2. The fourth-order valence-electron chi connectivity index (χ4n) is 4.04. The van der Waals surface area contributed by atoms with E-state index >= 15 is 0 Å². The van der Waals surface area contributed by atoms with Crippen molar-refractivity contribution in [3.05, 3.63) is 95.3 Å². The number of aliphatic hydroxyl groups is 1. The van der Waals surface area contributed by atoms with E-state index in [0.717, 1.165) is 0 Å². The van der Waals surface area contributed by atoms with Crippen LogP contribution in [0.4, 0.5) is 10.1 Å². The number of Topliss-reactive ketones (excluding diaryl/α,β-unsaturated/α-hetero) is 1. The zero-order chi connectivity index (χ0) is 25.1. The first-order chi connectivity index (χ1) is 16.8. The van der Waals surface area contributed by atoms with Crippen LogP contribution in [0.1, 0.15) is 31.0 Å². The molecule has 1 aliphatic heterocycles. The van der Waals surface area contributed by atoms with E-state index in [1.165, 1.54) is 36.3 Å². The minimum absolute atomic E-state index is 0.111. The van der Waals surface area contributed by atoms with Crippen molar-refractivity contribution in [3.63, 3.8) is 0 Å². The van der Waals surface area contributed by atoms with Crippen molar-refractivity contribution in [1.29, 1.82) is 0 Å². The second-order valence-electron chi connectivity index (χ2n) is 8.62. The number of aliphatic hydroxyl groups excluding tert-OH is 1. The molecule has 1 N–H and O–H groups in total. The summed E-state index contributed by atoms with van der Waals surface area (Å²) in [4.78, 5) is 27.6. The van der Waals surface area contributed by atoms with Crippen LogP contribution in [0.25, 0.3) is 5.76 Å². The summed E-state index contributed by atoms with van der Waals surface area (Å²) >= 11 is 0. The summed E-state index contributed by atoms with van der Waals surface area (Å²) in [7, 11) is 1.48. The third-order valence-electron chi connectivity index (χ3n) is 5.68. The lowest BCUT2D eigenvalue weighted by atomic mass is 9.94. The minimum atomic E-state index is -1.02. The summed E-state index contributed by atoms with van der Waals surface area (Å²) < 4.78 is 25.3. The van der Waals surface area contributed by atoms with Gasteiger partial charge in [-0.2, -0.15) is 0 Å². The van der Waals surface area contributed by atoms with E-state index < -0.39 is 23.5 Å². The highest BCUT2D eigenvalue weighted by atomic mass is 19.1. The van der Waals surface area contributed by atoms with Gasteiger partial charge in [0.1, 0.15) is 23.1 Å². The second-order valence-corrected chi connectivity index (χ2v) is 8.62. The van der Waals surface area contributed by atoms with Crippen LogP contribution in [-0.2, 0) is 9.59 Å². The maximum absolute atomic E-state index is 14.1. The SMILES string of the molecule is COc1ccccc1C1/C(=C(\O)c2ccc(OCC(C)C)cc2)C(=O)C(=O)N1c1cccc(F)c1. The van der Waals surface area contributed by atoms with Gasteiger partial charge in [0.2, 0.25) is 0 Å². The van der Waals surface area contributed by atoms with Gasteiger partial charge in [0.25, 0.3) is 11.7 Å². The number of methoxy groups -OCH3 is 1. The third-order valence-corrected chi connectivity index (χ3v) is 5.68. The van der Waals surface area contributed by atoms with Gasteiger partial charge >= 0.3 is 0 Å². The Balaban J connectivity index is 1.86. The number of carbonyl (C=O) groups is 2. The van der Waals surface area contributed by atoms with Gasteiger partial charge in [0.15, 0.2) is 0 Å². The van der Waals surface area contributed by atoms with E-state index in [1.807, 2.05) is 13.8 Å². The van der Waals surface area contributed by atoms with Crippen LogP contribution in [0.5, 0.6) is 11.5 Å². The topological polar surface area (TPSA) is 76.1 Å². The van der Waals surface area contributed by atoms with Crippen LogP contribution in [0.15, 0.2) is 78.4 Å². The maximum atomic E-state index is 14.1. The first kappa shape index (κ1) is 24.0. The van der Waals surface area contributed by atoms with Crippen LogP contribution in [0, 0.1) is 11.7 Å². The summed E-state index contributed by atoms with van der Waals surface area (Å²) in [5.74, 6) is -1.25. The molecule has 1 amide bonds. The number of benzene rings is 3. The predicted molar refractivity (Wildman–Crippen MR) is 131 cm³/mol. The zero-order valence-electron chi connectivity index (χ0n) is 19.7. The Morgan fingerprint density at radius 1 is 1.03 bits per heavy atom. The Bertz CT molecular complexity index is 1280. The number of ether oxygens (including phenoxy) is 2. The molecule has 35 heavy (non-hydrogen) atoms. The quantitative estimate of drug-likeness (QED) is 0.278. The number of carbonyl (C=O) groups excluding carboxylic acids is 2. The van der Waals surface area contributed by atoms with Gasteiger partial charge in [-0.15, -0.1) is 0 Å². The average molecular weight is 476 g/mol. The highest BCUT2D eigenvalue weighted by Crippen LogP contribution is 2.45. The number of halogens is 1. The molecule has 0 saturated carbocycles. The van der Waals surface area contributed by atoms with Crippen LogP contribution >= 0.6 is 0 Å². The van der Waals surface area contributed by atoms with Crippen molar-refractivity contribution in [2.75, 3.05) is 18.6 Å². The normalized spacial score (nSPS) is 17.2. The molecule has 7 heteroatoms. The van der Waals surface area contributed by atoms with Gasteiger partial charge in [0, 0.05) is 16.8 Å². The Morgan fingerprint density at radius 2 is 1.74 bits per heavy atom. The molecule has 1 aliphatic rings. The second kappa shape index (κ2) is 10.0. The van der Waals surface area contributed by atoms with E-state index in [4.69, 9.17) is 9.47 Å². The lowest BCUT2D eigenvalue weighted by Crippen LogP contribution is -2.29. The average Bonchev–Trinajstić information content (AvgIpc) is 3.12. The number of hydrogen-bond acceptors (Lipinski definition) is 5. The van der Waals surface area contributed by atoms with E-state index in [0.29, 0.717) is 35.2 Å². The van der Waals surface area contributed by atoms with Crippen LogP contribution in [0.2, 0.25) is 0 Å². The highest BCUT2D eigenvalue weighted by Gasteiger charge is 2.48. The van der Waals surface area contributed by atoms with Gasteiger partial charge in [0.05, 0.1) is 25.3 Å². The molecule has 1 unspecified atom stereocenters. The molecule has 180 valence electrons. The monoisotopic (exact) mass is 475 g/mol. The lowest BCUT2D eigenvalue weighted by Gasteiger charge is -2.26. The number of para-hydroxylation sites is 1. The number of ketones is 1. The lowest BCUT2D eigenvalue weighted by molar-refractivity contribution is -0.132. The Labute approximate surface area is 203 Å². The van der Waals surface area contributed by atoms with Crippen LogP contribution < -0.4 is 14.4 Å². The van der Waals surface area contributed by atoms with Crippen molar-refractivity contribution in [2.45, 2.75) is 19.9 Å². The standard InChI is InChI=1S/C28H26FNO5/c1-17(2)16-35-21-13-11-18(12-14-21)26(31)24-25(22-9-4-5-10-23(22)34-3)30(28(33)27(24)32)20-8-6-7-19(29)15-20/h4-15,17,25,31H,16H2,1-3H3/b26-24+. The van der Waals surface area contributed by atoms with Crippen molar-refractivity contribution < 1.29 is 28.6 Å². The van der Waals surface area contributed by atoms with E-state index in [1.54, 1.807) is 48.5 Å². The Kier molecular flexibility index (Phi) is 6.87. The fraction of sp³-hybridized carbons (Fsp3) is 0.214. The molecule has 0 bridgehead atoms. The molecule has 1 atom stereocenters. The van der Waals surface area contributed by atoms with Crippen LogP contribution in [-0.4, -0.2) is 30.5 Å². The molecule has 1 heterocycles. The highest BCUT2D eigenvalue weighted by molar-refractivity contribution is 6.51. The number of rotatable bonds is 7. The Hall–Kier alpha value is -4.13. The third kappa shape index (κ3) is 4.75. The largest absolute Gasteiger partial charge is 0.507 e. The van der Waals surface area contributed by atoms with Gasteiger partial charge in [-0.3, -0.25) is 14.5 Å². The number of amides is 1. The molecular formula is C28H26FNO5. The molecule has 0 aliphatic carbocycles. The summed E-state index contributed by atoms with van der Waals surface area (Å²) in [5.41, 5.74) is 0.912. The van der Waals surface area contributed by atoms with Crippen molar-refractivity contribution in [3.8, 4) is 11.5 Å². The predicted octanol–water partition coefficient (Wildman–Crippen LogP) is 5.50. The van der Waals surface area contributed by atoms with Gasteiger partial charge in [-0.05, 0) is 54.4 Å². The van der Waals surface area contributed by atoms with E-state index in [2.05, 4.69) is 0 Å². The van der Waals surface area contributed by atoms with E-state index in [-0.39, 0.29) is 17.0 Å². The molecule has 6 nitrogen and oxygen atoms in total. The van der Waals surface area contributed by atoms with Gasteiger partial charge in [-0.1, -0.05) is 38.1 Å². The molecule has 0 aromatic heterocycles. The van der Waals surface area contributed by atoms with Gasteiger partial charge in [-0.25, -0.2) is 4.39 Å². The summed E-state index contributed by atoms with van der Waals surface area (Å²) in [6, 6.07) is 17.9. The number of nitrogens with zero attached hydrogens (tertiary/aromatic N) is 1. The molecule has 0 spiro atoms. The molecule has 1 fully saturated rings. The number of anilines is 1. The molecular weight excluding hydrogens is 449 g/mol. The number of hydrogen-bond donors (Lipinski definition) is 1. The fourth-order valence-corrected chi connectivity index (χ4v) is 4.04.